The van der Waals surface area contributed by atoms with Crippen molar-refractivity contribution in [2.24, 2.45) is 0 Å². The maximum absolute atomic E-state index is 12.2. The van der Waals surface area contributed by atoms with Gasteiger partial charge in [0.15, 0.2) is 0 Å². The number of hydrogen-bond donors (Lipinski definition) is 1. The Bertz CT molecular complexity index is 535. The molecule has 7 heteroatoms. The Balaban J connectivity index is 2.07. The summed E-state index contributed by atoms with van der Waals surface area (Å²) in [4.78, 5) is 33.7. The average molecular weight is 306 g/mol. The van der Waals surface area contributed by atoms with Crippen LogP contribution in [0.2, 0.25) is 0 Å². The smallest absolute Gasteiger partial charge is 0.249 e. The van der Waals surface area contributed by atoms with Crippen LogP contribution in [0, 0.1) is 0 Å². The van der Waals surface area contributed by atoms with E-state index in [1.165, 1.54) is 6.92 Å². The Morgan fingerprint density at radius 3 is 3.00 bits per heavy atom. The summed E-state index contributed by atoms with van der Waals surface area (Å²) < 4.78 is 5.21. The van der Waals surface area contributed by atoms with Gasteiger partial charge in [0, 0.05) is 20.1 Å². The third-order valence-electron chi connectivity index (χ3n) is 3.57. The Morgan fingerprint density at radius 1 is 1.45 bits per heavy atom. The molecule has 22 heavy (non-hydrogen) atoms. The van der Waals surface area contributed by atoms with Crippen LogP contribution >= 0.6 is 0 Å². The first-order valence-electron chi connectivity index (χ1n) is 7.54. The number of carbonyl (C=O) groups is 2. The fourth-order valence-electron chi connectivity index (χ4n) is 2.53. The van der Waals surface area contributed by atoms with Crippen molar-refractivity contribution >= 4 is 11.8 Å². The molecule has 7 nitrogen and oxygen atoms in total. The van der Waals surface area contributed by atoms with Crippen LogP contribution < -0.4 is 5.32 Å². The van der Waals surface area contributed by atoms with Crippen molar-refractivity contribution in [2.45, 2.75) is 39.3 Å². The van der Waals surface area contributed by atoms with Crippen molar-refractivity contribution < 1.29 is 14.3 Å². The van der Waals surface area contributed by atoms with Gasteiger partial charge in [-0.05, 0) is 19.8 Å². The minimum atomic E-state index is -0.110. The molecule has 2 amide bonds. The van der Waals surface area contributed by atoms with Gasteiger partial charge in [0.1, 0.15) is 6.61 Å². The number of rotatable bonds is 6. The molecule has 1 aliphatic heterocycles. The van der Waals surface area contributed by atoms with Crippen LogP contribution in [-0.4, -0.2) is 46.4 Å². The molecule has 0 unspecified atom stereocenters. The molecule has 0 radical (unpaired) electrons. The summed E-state index contributed by atoms with van der Waals surface area (Å²) >= 11 is 0. The summed E-state index contributed by atoms with van der Waals surface area (Å²) in [5.41, 5.74) is 1.46. The van der Waals surface area contributed by atoms with Crippen molar-refractivity contribution in [1.29, 1.82) is 0 Å². The van der Waals surface area contributed by atoms with E-state index in [-0.39, 0.29) is 24.5 Å². The number of carbonyl (C=O) groups excluding carboxylic acids is 2. The second-order valence-corrected chi connectivity index (χ2v) is 5.23. The van der Waals surface area contributed by atoms with E-state index in [9.17, 15) is 9.59 Å². The van der Waals surface area contributed by atoms with Crippen molar-refractivity contribution in [2.75, 3.05) is 19.8 Å². The Kier molecular flexibility index (Phi) is 5.83. The molecule has 1 fully saturated rings. The maximum atomic E-state index is 12.2. The van der Waals surface area contributed by atoms with Gasteiger partial charge in [-0.3, -0.25) is 19.6 Å². The molecule has 0 spiro atoms. The average Bonchev–Trinajstić information content (AvgIpc) is 3.00. The van der Waals surface area contributed by atoms with Crippen molar-refractivity contribution in [3.63, 3.8) is 0 Å². The number of nitrogens with one attached hydrogen (secondary N) is 1. The first-order valence-corrected chi connectivity index (χ1v) is 7.54. The summed E-state index contributed by atoms with van der Waals surface area (Å²) in [5.74, 6) is -0.125. The summed E-state index contributed by atoms with van der Waals surface area (Å²) in [6.07, 6.45) is 5.13. The van der Waals surface area contributed by atoms with Gasteiger partial charge in [0.25, 0.3) is 0 Å². The summed E-state index contributed by atoms with van der Waals surface area (Å²) in [6, 6.07) is -0.0577. The number of ether oxygens (including phenoxy) is 1. The van der Waals surface area contributed by atoms with E-state index in [2.05, 4.69) is 15.3 Å². The first kappa shape index (κ1) is 16.4. The van der Waals surface area contributed by atoms with E-state index >= 15 is 0 Å². The van der Waals surface area contributed by atoms with E-state index in [1.807, 2.05) is 11.8 Å². The quantitative estimate of drug-likeness (QED) is 0.841. The molecule has 0 bridgehead atoms. The van der Waals surface area contributed by atoms with Crippen molar-refractivity contribution in [3.8, 4) is 0 Å². The third-order valence-corrected chi connectivity index (χ3v) is 3.57. The number of hydrogen-bond acceptors (Lipinski definition) is 5. The van der Waals surface area contributed by atoms with Gasteiger partial charge in [0.05, 0.1) is 36.4 Å². The molecule has 0 saturated carbocycles. The second-order valence-electron chi connectivity index (χ2n) is 5.23. The van der Waals surface area contributed by atoms with Gasteiger partial charge in [-0.25, -0.2) is 0 Å². The van der Waals surface area contributed by atoms with E-state index in [0.717, 1.165) is 18.5 Å². The lowest BCUT2D eigenvalue weighted by Crippen LogP contribution is -2.34. The molecular weight excluding hydrogens is 284 g/mol. The molecule has 1 N–H and O–H groups in total. The van der Waals surface area contributed by atoms with Crippen molar-refractivity contribution in [3.05, 3.63) is 23.8 Å². The Labute approximate surface area is 130 Å². The molecule has 120 valence electrons. The lowest BCUT2D eigenvalue weighted by Gasteiger charge is -2.24. The van der Waals surface area contributed by atoms with Crippen LogP contribution in [0.15, 0.2) is 12.4 Å². The first-order chi connectivity index (χ1) is 10.6. The molecular formula is C15H22N4O3. The van der Waals surface area contributed by atoms with Gasteiger partial charge in [0.2, 0.25) is 11.8 Å². The highest BCUT2D eigenvalue weighted by molar-refractivity contribution is 5.78. The topological polar surface area (TPSA) is 84.4 Å². The van der Waals surface area contributed by atoms with Crippen LogP contribution in [0.5, 0.6) is 0 Å². The summed E-state index contributed by atoms with van der Waals surface area (Å²) in [5, 5.41) is 2.70. The Hall–Kier alpha value is -2.02. The third kappa shape index (κ3) is 4.24. The van der Waals surface area contributed by atoms with E-state index in [0.29, 0.717) is 25.4 Å². The predicted molar refractivity (Wildman–Crippen MR) is 79.7 cm³/mol. The predicted octanol–water partition coefficient (Wildman–Crippen LogP) is 0.813. The van der Waals surface area contributed by atoms with Gasteiger partial charge in [-0.15, -0.1) is 0 Å². The monoisotopic (exact) mass is 306 g/mol. The van der Waals surface area contributed by atoms with Crippen LogP contribution in [0.25, 0.3) is 0 Å². The van der Waals surface area contributed by atoms with Gasteiger partial charge < -0.3 is 15.0 Å². The lowest BCUT2D eigenvalue weighted by molar-refractivity contribution is -0.137. The number of likely N-dealkylation sites (tertiary alicyclic amines) is 1. The zero-order chi connectivity index (χ0) is 15.9. The summed E-state index contributed by atoms with van der Waals surface area (Å²) in [6.45, 7) is 5.01. The Morgan fingerprint density at radius 2 is 2.27 bits per heavy atom. The van der Waals surface area contributed by atoms with Gasteiger partial charge in [-0.2, -0.15) is 0 Å². The standard InChI is InChI=1S/C15H22N4O3/c1-3-22-10-15(21)19-6-4-5-14(19)13-9-16-7-12(18-13)8-17-11(2)20/h7,9,14H,3-6,8,10H2,1-2H3,(H,17,20)/t14-/m0/s1. The molecule has 1 atom stereocenters. The molecule has 2 heterocycles. The zero-order valence-corrected chi connectivity index (χ0v) is 13.0. The minimum absolute atomic E-state index is 0.0154. The number of amides is 2. The SMILES string of the molecule is CCOCC(=O)N1CCC[C@H]1c1cncc(CNC(C)=O)n1. The van der Waals surface area contributed by atoms with E-state index < -0.39 is 0 Å². The molecule has 0 aliphatic carbocycles. The van der Waals surface area contributed by atoms with Crippen LogP contribution in [-0.2, 0) is 20.9 Å². The van der Waals surface area contributed by atoms with Gasteiger partial charge >= 0.3 is 0 Å². The summed E-state index contributed by atoms with van der Waals surface area (Å²) in [7, 11) is 0. The maximum Gasteiger partial charge on any atom is 0.249 e. The highest BCUT2D eigenvalue weighted by Gasteiger charge is 2.31. The number of aromatic nitrogens is 2. The fourth-order valence-corrected chi connectivity index (χ4v) is 2.53. The largest absolute Gasteiger partial charge is 0.372 e. The lowest BCUT2D eigenvalue weighted by atomic mass is 10.1. The molecule has 1 aromatic rings. The highest BCUT2D eigenvalue weighted by atomic mass is 16.5. The van der Waals surface area contributed by atoms with Crippen LogP contribution in [0.3, 0.4) is 0 Å². The van der Waals surface area contributed by atoms with Crippen molar-refractivity contribution in [1.82, 2.24) is 20.2 Å². The van der Waals surface area contributed by atoms with E-state index in [4.69, 9.17) is 4.74 Å². The highest BCUT2D eigenvalue weighted by Crippen LogP contribution is 2.30. The molecule has 1 aromatic heterocycles. The zero-order valence-electron chi connectivity index (χ0n) is 13.0. The van der Waals surface area contributed by atoms with Gasteiger partial charge in [-0.1, -0.05) is 0 Å². The molecule has 1 saturated heterocycles. The molecule has 1 aliphatic rings. The number of nitrogens with zero attached hydrogens (tertiary/aromatic N) is 3. The van der Waals surface area contributed by atoms with E-state index in [1.54, 1.807) is 12.4 Å². The minimum Gasteiger partial charge on any atom is -0.372 e. The van der Waals surface area contributed by atoms with Crippen LogP contribution in [0.1, 0.15) is 44.1 Å². The van der Waals surface area contributed by atoms with Crippen LogP contribution in [0.4, 0.5) is 0 Å². The second kappa shape index (κ2) is 7.84. The normalized spacial score (nSPS) is 17.5. The molecule has 2 rings (SSSR count). The molecule has 0 aromatic carbocycles. The fraction of sp³-hybridized carbons (Fsp3) is 0.600.